The van der Waals surface area contributed by atoms with Crippen LogP contribution in [0.4, 0.5) is 5.69 Å². The van der Waals surface area contributed by atoms with Crippen LogP contribution in [-0.2, 0) is 22.6 Å². The van der Waals surface area contributed by atoms with Crippen molar-refractivity contribution in [3.8, 4) is 11.5 Å². The molecule has 2 amide bonds. The number of hydrogen-bond donors (Lipinski definition) is 2. The molecule has 142 valence electrons. The summed E-state index contributed by atoms with van der Waals surface area (Å²) in [4.78, 5) is 26.3. The first-order chi connectivity index (χ1) is 13.0. The topological polar surface area (TPSA) is 93.9 Å². The van der Waals surface area contributed by atoms with E-state index in [0.717, 1.165) is 11.1 Å². The van der Waals surface area contributed by atoms with E-state index in [2.05, 4.69) is 5.32 Å². The lowest BCUT2D eigenvalue weighted by atomic mass is 9.93. The number of primary amides is 1. The van der Waals surface area contributed by atoms with Gasteiger partial charge in [-0.05, 0) is 29.7 Å². The normalized spacial score (nSPS) is 16.3. The zero-order valence-electron chi connectivity index (χ0n) is 15.4. The van der Waals surface area contributed by atoms with Gasteiger partial charge in [-0.3, -0.25) is 14.5 Å². The van der Waals surface area contributed by atoms with E-state index in [1.165, 1.54) is 7.11 Å². The fourth-order valence-corrected chi connectivity index (χ4v) is 3.31. The molecule has 0 aliphatic carbocycles. The third-order valence-electron chi connectivity index (χ3n) is 4.70. The fraction of sp³-hybridized carbons (Fsp3) is 0.300. The monoisotopic (exact) mass is 369 g/mol. The molecule has 0 unspecified atom stereocenters. The zero-order valence-corrected chi connectivity index (χ0v) is 15.4. The van der Waals surface area contributed by atoms with Gasteiger partial charge in [0.2, 0.25) is 11.8 Å². The first-order valence-corrected chi connectivity index (χ1v) is 8.64. The average molecular weight is 369 g/mol. The summed E-state index contributed by atoms with van der Waals surface area (Å²) >= 11 is 0. The predicted molar refractivity (Wildman–Crippen MR) is 102 cm³/mol. The Morgan fingerprint density at radius 2 is 1.89 bits per heavy atom. The predicted octanol–water partition coefficient (Wildman–Crippen LogP) is 1.55. The zero-order chi connectivity index (χ0) is 19.4. The van der Waals surface area contributed by atoms with Crippen LogP contribution in [0.15, 0.2) is 42.5 Å². The molecule has 0 spiro atoms. The van der Waals surface area contributed by atoms with Gasteiger partial charge in [0, 0.05) is 12.6 Å². The summed E-state index contributed by atoms with van der Waals surface area (Å²) in [7, 11) is 3.08. The number of nitrogens with two attached hydrogens (primary N) is 1. The Bertz CT molecular complexity index is 853. The number of ether oxygens (including phenoxy) is 2. The van der Waals surface area contributed by atoms with Crippen molar-refractivity contribution in [2.45, 2.75) is 19.0 Å². The first kappa shape index (κ1) is 18.7. The highest BCUT2D eigenvalue weighted by Gasteiger charge is 2.31. The van der Waals surface area contributed by atoms with E-state index in [-0.39, 0.29) is 12.5 Å². The standard InChI is InChI=1S/C20H23N3O4/c1-26-15-7-8-18(27-2)16(10-15)22-19(24)12-23-11-14-6-4-3-5-13(14)9-17(23)20(21)25/h3-8,10,17H,9,11-12H2,1-2H3,(H2,21,25)(H,22,24)/t17-/m0/s1. The lowest BCUT2D eigenvalue weighted by Gasteiger charge is -2.34. The van der Waals surface area contributed by atoms with E-state index in [0.29, 0.717) is 30.2 Å². The number of anilines is 1. The van der Waals surface area contributed by atoms with Gasteiger partial charge < -0.3 is 20.5 Å². The van der Waals surface area contributed by atoms with Gasteiger partial charge in [0.25, 0.3) is 0 Å². The maximum absolute atomic E-state index is 12.6. The van der Waals surface area contributed by atoms with E-state index >= 15 is 0 Å². The third-order valence-corrected chi connectivity index (χ3v) is 4.70. The molecule has 3 rings (SSSR count). The third kappa shape index (κ3) is 4.20. The maximum Gasteiger partial charge on any atom is 0.238 e. The Kier molecular flexibility index (Phi) is 5.61. The van der Waals surface area contributed by atoms with Crippen LogP contribution in [0.1, 0.15) is 11.1 Å². The molecule has 0 aromatic heterocycles. The van der Waals surface area contributed by atoms with Gasteiger partial charge in [0.15, 0.2) is 0 Å². The van der Waals surface area contributed by atoms with Crippen LogP contribution >= 0.6 is 0 Å². The number of carbonyl (C=O) groups excluding carboxylic acids is 2. The van der Waals surface area contributed by atoms with Crippen molar-refractivity contribution in [3.63, 3.8) is 0 Å². The highest BCUT2D eigenvalue weighted by Crippen LogP contribution is 2.29. The van der Waals surface area contributed by atoms with E-state index in [1.807, 2.05) is 24.3 Å². The molecule has 1 aliphatic heterocycles. The van der Waals surface area contributed by atoms with E-state index in [9.17, 15) is 9.59 Å². The Balaban J connectivity index is 1.76. The summed E-state index contributed by atoms with van der Waals surface area (Å²) in [5.74, 6) is 0.441. The van der Waals surface area contributed by atoms with Gasteiger partial charge in [-0.25, -0.2) is 0 Å². The second-order valence-electron chi connectivity index (χ2n) is 6.41. The smallest absolute Gasteiger partial charge is 0.238 e. The molecule has 3 N–H and O–H groups in total. The van der Waals surface area contributed by atoms with Crippen molar-refractivity contribution in [1.29, 1.82) is 0 Å². The minimum absolute atomic E-state index is 0.0440. The largest absolute Gasteiger partial charge is 0.497 e. The van der Waals surface area contributed by atoms with Crippen molar-refractivity contribution < 1.29 is 19.1 Å². The van der Waals surface area contributed by atoms with Gasteiger partial charge in [-0.2, -0.15) is 0 Å². The Morgan fingerprint density at radius 1 is 1.15 bits per heavy atom. The van der Waals surface area contributed by atoms with Crippen LogP contribution in [0.3, 0.4) is 0 Å². The number of nitrogens with zero attached hydrogens (tertiary/aromatic N) is 1. The summed E-state index contributed by atoms with van der Waals surface area (Å²) in [5, 5.41) is 2.83. The molecular formula is C20H23N3O4. The van der Waals surface area contributed by atoms with Gasteiger partial charge in [-0.15, -0.1) is 0 Å². The molecular weight excluding hydrogens is 346 g/mol. The molecule has 1 heterocycles. The molecule has 7 nitrogen and oxygen atoms in total. The molecule has 7 heteroatoms. The van der Waals surface area contributed by atoms with Crippen LogP contribution in [0.2, 0.25) is 0 Å². The Morgan fingerprint density at radius 3 is 2.56 bits per heavy atom. The van der Waals surface area contributed by atoms with Gasteiger partial charge >= 0.3 is 0 Å². The summed E-state index contributed by atoms with van der Waals surface area (Å²) in [6.45, 7) is 0.536. The van der Waals surface area contributed by atoms with Gasteiger partial charge in [0.1, 0.15) is 11.5 Å². The van der Waals surface area contributed by atoms with Gasteiger partial charge in [0.05, 0.1) is 32.5 Å². The second-order valence-corrected chi connectivity index (χ2v) is 6.41. The van der Waals surface area contributed by atoms with E-state index in [1.54, 1.807) is 30.2 Å². The summed E-state index contributed by atoms with van der Waals surface area (Å²) < 4.78 is 10.5. The van der Waals surface area contributed by atoms with Crippen molar-refractivity contribution in [3.05, 3.63) is 53.6 Å². The van der Waals surface area contributed by atoms with Crippen LogP contribution in [-0.4, -0.2) is 43.5 Å². The van der Waals surface area contributed by atoms with Crippen LogP contribution < -0.4 is 20.5 Å². The number of rotatable bonds is 6. The number of carbonyl (C=O) groups is 2. The average Bonchev–Trinajstić information content (AvgIpc) is 2.67. The summed E-state index contributed by atoms with van der Waals surface area (Å²) in [5.41, 5.74) is 8.28. The second kappa shape index (κ2) is 8.09. The quantitative estimate of drug-likeness (QED) is 0.806. The molecule has 0 fully saturated rings. The van der Waals surface area contributed by atoms with Gasteiger partial charge in [-0.1, -0.05) is 24.3 Å². The Hall–Kier alpha value is -3.06. The number of methoxy groups -OCH3 is 2. The van der Waals surface area contributed by atoms with Crippen molar-refractivity contribution >= 4 is 17.5 Å². The van der Waals surface area contributed by atoms with Crippen molar-refractivity contribution in [2.75, 3.05) is 26.1 Å². The minimum atomic E-state index is -0.516. The molecule has 2 aromatic rings. The molecule has 0 bridgehead atoms. The number of hydrogen-bond acceptors (Lipinski definition) is 5. The Labute approximate surface area is 158 Å². The summed E-state index contributed by atoms with van der Waals surface area (Å²) in [6.07, 6.45) is 0.501. The SMILES string of the molecule is COc1ccc(OC)c(NC(=O)CN2Cc3ccccc3C[C@H]2C(N)=O)c1. The molecule has 0 saturated heterocycles. The van der Waals surface area contributed by atoms with Crippen molar-refractivity contribution in [1.82, 2.24) is 4.90 Å². The van der Waals surface area contributed by atoms with E-state index in [4.69, 9.17) is 15.2 Å². The highest BCUT2D eigenvalue weighted by molar-refractivity contribution is 5.94. The number of benzene rings is 2. The molecule has 1 aliphatic rings. The highest BCUT2D eigenvalue weighted by atomic mass is 16.5. The fourth-order valence-electron chi connectivity index (χ4n) is 3.31. The lowest BCUT2D eigenvalue weighted by Crippen LogP contribution is -2.50. The van der Waals surface area contributed by atoms with Crippen LogP contribution in [0.5, 0.6) is 11.5 Å². The number of fused-ring (bicyclic) bond motifs is 1. The molecule has 0 saturated carbocycles. The molecule has 27 heavy (non-hydrogen) atoms. The van der Waals surface area contributed by atoms with Crippen LogP contribution in [0, 0.1) is 0 Å². The van der Waals surface area contributed by atoms with E-state index < -0.39 is 11.9 Å². The number of amides is 2. The maximum atomic E-state index is 12.6. The molecule has 0 radical (unpaired) electrons. The minimum Gasteiger partial charge on any atom is -0.497 e. The molecule has 2 aromatic carbocycles. The van der Waals surface area contributed by atoms with Crippen LogP contribution in [0.25, 0.3) is 0 Å². The lowest BCUT2D eigenvalue weighted by molar-refractivity contribution is -0.125. The summed E-state index contributed by atoms with van der Waals surface area (Å²) in [6, 6.07) is 12.5. The molecule has 1 atom stereocenters. The van der Waals surface area contributed by atoms with Crippen molar-refractivity contribution in [2.24, 2.45) is 5.73 Å². The number of nitrogens with one attached hydrogen (secondary N) is 1. The first-order valence-electron chi connectivity index (χ1n) is 8.64.